The average Bonchev–Trinajstić information content (AvgIpc) is 3.05. The van der Waals surface area contributed by atoms with E-state index in [0.29, 0.717) is 31.8 Å². The molecular weight excluding hydrogens is 552 g/mol. The molecule has 8 heteroatoms. The Morgan fingerprint density at radius 3 is 2.39 bits per heavy atom. The number of piperidine rings is 1. The first kappa shape index (κ1) is 39.5. The van der Waals surface area contributed by atoms with Gasteiger partial charge in [-0.1, -0.05) is 85.0 Å². The zero-order valence-corrected chi connectivity index (χ0v) is 28.6. The lowest BCUT2D eigenvalue weighted by molar-refractivity contribution is -0.154. The first-order chi connectivity index (χ1) is 21.1. The summed E-state index contributed by atoms with van der Waals surface area (Å²) in [5.74, 6) is 0.914. The van der Waals surface area contributed by atoms with E-state index in [-0.39, 0.29) is 18.0 Å². The molecule has 1 aliphatic heterocycles. The molecule has 0 aromatic carbocycles. The molecule has 8 nitrogen and oxygen atoms in total. The quantitative estimate of drug-likeness (QED) is 0.310. The van der Waals surface area contributed by atoms with E-state index in [2.05, 4.69) is 30.5 Å². The highest BCUT2D eigenvalue weighted by Gasteiger charge is 2.48. The maximum Gasteiger partial charge on any atom is 0.251 e. The standard InChI is InChI=1S/C29H42N2O3.C4H12N2.C2H6.CH2O/c1-22-19-31(27(33)18-25(22)24-12-8-5-9-13-24)21-29(34)16-17-30(20-28(29,2)3)26(32)15-14-23-10-6-4-7-11-23;1-2-6-4-3-5;2*1-2/h8,12-13,18-19,23,34H,4-7,9-11,14-17,20-21H2,1-3H3;6H,2-5H2,1H3;1-2H3;1H2. The van der Waals surface area contributed by atoms with E-state index in [1.807, 2.05) is 52.5 Å². The number of nitrogens with zero attached hydrogens (tertiary/aromatic N) is 2. The lowest BCUT2D eigenvalue weighted by atomic mass is 9.69. The number of allylic oxidation sites excluding steroid dienone is 4. The molecule has 1 saturated carbocycles. The van der Waals surface area contributed by atoms with Gasteiger partial charge in [0.1, 0.15) is 6.79 Å². The minimum atomic E-state index is -1.05. The number of carbonyl (C=O) groups excluding carboxylic acids is 2. The molecular formula is C36H62N4O4. The van der Waals surface area contributed by atoms with Crippen molar-refractivity contribution in [2.24, 2.45) is 17.1 Å². The molecule has 2 heterocycles. The molecule has 2 aliphatic carbocycles. The van der Waals surface area contributed by atoms with Crippen molar-refractivity contribution in [3.8, 4) is 0 Å². The van der Waals surface area contributed by atoms with Crippen LogP contribution in [-0.4, -0.2) is 65.6 Å². The first-order valence-electron chi connectivity index (χ1n) is 16.9. The van der Waals surface area contributed by atoms with Gasteiger partial charge in [0.15, 0.2) is 0 Å². The molecule has 1 saturated heterocycles. The van der Waals surface area contributed by atoms with E-state index in [1.54, 1.807) is 10.6 Å². The third kappa shape index (κ3) is 11.8. The Morgan fingerprint density at radius 1 is 1.16 bits per heavy atom. The summed E-state index contributed by atoms with van der Waals surface area (Å²) in [4.78, 5) is 35.9. The van der Waals surface area contributed by atoms with E-state index < -0.39 is 11.0 Å². The van der Waals surface area contributed by atoms with Crippen LogP contribution in [0, 0.1) is 18.3 Å². The first-order valence-corrected chi connectivity index (χ1v) is 16.9. The maximum atomic E-state index is 13.0. The molecule has 250 valence electrons. The van der Waals surface area contributed by atoms with Crippen molar-refractivity contribution in [1.82, 2.24) is 14.8 Å². The third-order valence-electron chi connectivity index (χ3n) is 9.12. The average molecular weight is 615 g/mol. The van der Waals surface area contributed by atoms with Gasteiger partial charge in [0.2, 0.25) is 5.91 Å². The van der Waals surface area contributed by atoms with Crippen LogP contribution in [0.15, 0.2) is 35.3 Å². The summed E-state index contributed by atoms with van der Waals surface area (Å²) in [6.07, 6.45) is 18.9. The largest absolute Gasteiger partial charge is 0.387 e. The van der Waals surface area contributed by atoms with Crippen molar-refractivity contribution >= 4 is 18.3 Å². The van der Waals surface area contributed by atoms with Gasteiger partial charge in [0.05, 0.1) is 12.1 Å². The zero-order valence-electron chi connectivity index (χ0n) is 28.6. The van der Waals surface area contributed by atoms with E-state index in [1.165, 1.54) is 32.1 Å². The number of likely N-dealkylation sites (N-methyl/N-ethyl adjacent to an activating group) is 1. The predicted octanol–water partition coefficient (Wildman–Crippen LogP) is 5.64. The lowest BCUT2D eigenvalue weighted by Gasteiger charge is -2.50. The van der Waals surface area contributed by atoms with E-state index >= 15 is 0 Å². The Hall–Kier alpha value is -2.55. The van der Waals surface area contributed by atoms with Gasteiger partial charge in [0, 0.05) is 50.3 Å². The van der Waals surface area contributed by atoms with Crippen LogP contribution in [0.5, 0.6) is 0 Å². The van der Waals surface area contributed by atoms with Crippen LogP contribution in [0.25, 0.3) is 5.57 Å². The summed E-state index contributed by atoms with van der Waals surface area (Å²) in [5, 5.41) is 14.8. The zero-order chi connectivity index (χ0) is 33.2. The number of nitrogens with one attached hydrogen (secondary N) is 1. The molecule has 0 bridgehead atoms. The number of hydrogen-bond acceptors (Lipinski definition) is 6. The van der Waals surface area contributed by atoms with Crippen LogP contribution in [0.4, 0.5) is 0 Å². The van der Waals surface area contributed by atoms with E-state index in [9.17, 15) is 14.7 Å². The van der Waals surface area contributed by atoms with Gasteiger partial charge in [-0.15, -0.1) is 0 Å². The third-order valence-corrected chi connectivity index (χ3v) is 9.12. The van der Waals surface area contributed by atoms with Crippen molar-refractivity contribution in [3.63, 3.8) is 0 Å². The van der Waals surface area contributed by atoms with Crippen LogP contribution in [0.1, 0.15) is 110 Å². The Morgan fingerprint density at radius 2 is 1.84 bits per heavy atom. The van der Waals surface area contributed by atoms with Gasteiger partial charge in [-0.25, -0.2) is 0 Å². The fourth-order valence-corrected chi connectivity index (χ4v) is 6.32. The Balaban J connectivity index is 0.000000853. The number of carbonyl (C=O) groups is 2. The van der Waals surface area contributed by atoms with Gasteiger partial charge >= 0.3 is 0 Å². The van der Waals surface area contributed by atoms with Crippen LogP contribution in [0.3, 0.4) is 0 Å². The highest BCUT2D eigenvalue weighted by atomic mass is 16.3. The molecule has 44 heavy (non-hydrogen) atoms. The molecule has 0 spiro atoms. The number of aryl methyl sites for hydroxylation is 1. The number of aromatic nitrogens is 1. The number of hydrogen-bond donors (Lipinski definition) is 3. The number of pyridine rings is 1. The summed E-state index contributed by atoms with van der Waals surface area (Å²) < 4.78 is 1.66. The number of nitrogens with two attached hydrogens (primary N) is 1. The minimum Gasteiger partial charge on any atom is -0.387 e. The molecule has 1 aromatic heterocycles. The van der Waals surface area contributed by atoms with E-state index in [0.717, 1.165) is 55.6 Å². The van der Waals surface area contributed by atoms with Gasteiger partial charge < -0.3 is 30.4 Å². The summed E-state index contributed by atoms with van der Waals surface area (Å²) in [5.41, 5.74) is 6.62. The fraction of sp³-hybridized carbons (Fsp3) is 0.694. The van der Waals surface area contributed by atoms with E-state index in [4.69, 9.17) is 10.5 Å². The summed E-state index contributed by atoms with van der Waals surface area (Å²) >= 11 is 0. The minimum absolute atomic E-state index is 0.0873. The predicted molar refractivity (Wildman–Crippen MR) is 184 cm³/mol. The molecule has 2 fully saturated rings. The van der Waals surface area contributed by atoms with Crippen molar-refractivity contribution < 1.29 is 14.7 Å². The van der Waals surface area contributed by atoms with Gasteiger partial charge in [-0.3, -0.25) is 9.59 Å². The highest BCUT2D eigenvalue weighted by Crippen LogP contribution is 2.40. The molecule has 4 N–H and O–H groups in total. The molecule has 1 amide bonds. The lowest BCUT2D eigenvalue weighted by Crippen LogP contribution is -2.60. The van der Waals surface area contributed by atoms with Crippen LogP contribution < -0.4 is 16.6 Å². The summed E-state index contributed by atoms with van der Waals surface area (Å²) in [7, 11) is 0. The second-order valence-electron chi connectivity index (χ2n) is 12.6. The Labute approximate surface area is 267 Å². The summed E-state index contributed by atoms with van der Waals surface area (Å²) in [6, 6.07) is 1.71. The van der Waals surface area contributed by atoms with Crippen molar-refractivity contribution in [1.29, 1.82) is 0 Å². The SMILES string of the molecule is C=O.CC.CCNCCN.Cc1cn(CC2(O)CCN(C(=O)CCC3CCCCC3)CC2(C)C)c(=O)cc1C1=CCCC=C1. The topological polar surface area (TPSA) is 118 Å². The highest BCUT2D eigenvalue weighted by molar-refractivity contribution is 5.77. The molecule has 1 atom stereocenters. The van der Waals surface area contributed by atoms with Crippen molar-refractivity contribution in [3.05, 3.63) is 52.0 Å². The number of amides is 1. The molecule has 3 aliphatic rings. The van der Waals surface area contributed by atoms with Crippen LogP contribution in [-0.2, 0) is 16.1 Å². The smallest absolute Gasteiger partial charge is 0.251 e. The molecule has 1 aromatic rings. The van der Waals surface area contributed by atoms with Crippen LogP contribution in [0.2, 0.25) is 0 Å². The molecule has 0 radical (unpaired) electrons. The number of likely N-dealkylation sites (tertiary alicyclic amines) is 1. The maximum absolute atomic E-state index is 13.0. The monoisotopic (exact) mass is 614 g/mol. The Kier molecular flexibility index (Phi) is 18.4. The normalized spacial score (nSPS) is 21.0. The van der Waals surface area contributed by atoms with Crippen LogP contribution >= 0.6 is 0 Å². The second kappa shape index (κ2) is 20.5. The molecule has 1 unspecified atom stereocenters. The van der Waals surface area contributed by atoms with Crippen molar-refractivity contribution in [2.45, 2.75) is 118 Å². The second-order valence-corrected chi connectivity index (χ2v) is 12.6. The number of aliphatic hydroxyl groups is 1. The fourth-order valence-electron chi connectivity index (χ4n) is 6.32. The number of rotatable bonds is 9. The van der Waals surface area contributed by atoms with Gasteiger partial charge in [-0.05, 0) is 61.8 Å². The van der Waals surface area contributed by atoms with Crippen molar-refractivity contribution in [2.75, 3.05) is 32.7 Å². The Bertz CT molecular complexity index is 1100. The summed E-state index contributed by atoms with van der Waals surface area (Å²) in [6.45, 7) is 18.2. The van der Waals surface area contributed by atoms with Gasteiger partial charge in [-0.2, -0.15) is 0 Å². The van der Waals surface area contributed by atoms with Gasteiger partial charge in [0.25, 0.3) is 5.56 Å². The molecule has 4 rings (SSSR count).